The van der Waals surface area contributed by atoms with Gasteiger partial charge in [-0.25, -0.2) is 8.42 Å². The van der Waals surface area contributed by atoms with Crippen molar-refractivity contribution in [1.82, 2.24) is 5.32 Å². The highest BCUT2D eigenvalue weighted by molar-refractivity contribution is 7.92. The van der Waals surface area contributed by atoms with Gasteiger partial charge in [-0.15, -0.1) is 12.4 Å². The van der Waals surface area contributed by atoms with E-state index >= 15 is 0 Å². The number of rotatable bonds is 0. The normalized spacial score (nSPS) is 41.2. The summed E-state index contributed by atoms with van der Waals surface area (Å²) in [5, 5.41) is 3.08. The standard InChI is InChI=1S/C5H9NO2S.ClH/c7-9(8)3-4-1-5(9)2-6-4;/h4-6H,1-3H2;1H/t4-,5-;/m0./s1. The molecule has 0 aromatic rings. The van der Waals surface area contributed by atoms with Crippen molar-refractivity contribution in [2.75, 3.05) is 12.3 Å². The Bertz CT molecular complexity index is 226. The summed E-state index contributed by atoms with van der Waals surface area (Å²) in [5.41, 5.74) is 0. The maximum atomic E-state index is 11.0. The van der Waals surface area contributed by atoms with Crippen molar-refractivity contribution in [3.05, 3.63) is 0 Å². The zero-order valence-corrected chi connectivity index (χ0v) is 7.04. The van der Waals surface area contributed by atoms with Crippen LogP contribution in [0, 0.1) is 0 Å². The van der Waals surface area contributed by atoms with Crippen LogP contribution < -0.4 is 5.32 Å². The molecule has 2 aliphatic heterocycles. The first-order valence-electron chi connectivity index (χ1n) is 3.13. The summed E-state index contributed by atoms with van der Waals surface area (Å²) < 4.78 is 22.0. The third-order valence-electron chi connectivity index (χ3n) is 2.12. The molecule has 10 heavy (non-hydrogen) atoms. The summed E-state index contributed by atoms with van der Waals surface area (Å²) in [7, 11) is -2.65. The van der Waals surface area contributed by atoms with Crippen LogP contribution in [0.15, 0.2) is 0 Å². The lowest BCUT2D eigenvalue weighted by atomic mass is 10.3. The van der Waals surface area contributed by atoms with Crippen molar-refractivity contribution in [3.63, 3.8) is 0 Å². The molecule has 2 aliphatic rings. The van der Waals surface area contributed by atoms with Gasteiger partial charge in [-0.05, 0) is 6.42 Å². The lowest BCUT2D eigenvalue weighted by Crippen LogP contribution is -2.35. The van der Waals surface area contributed by atoms with Crippen molar-refractivity contribution >= 4 is 22.2 Å². The van der Waals surface area contributed by atoms with Crippen molar-refractivity contribution in [1.29, 1.82) is 0 Å². The third-order valence-corrected chi connectivity index (χ3v) is 4.36. The van der Waals surface area contributed by atoms with Gasteiger partial charge in [0.2, 0.25) is 0 Å². The Hall–Kier alpha value is 0.200. The molecule has 2 heterocycles. The van der Waals surface area contributed by atoms with E-state index in [0.29, 0.717) is 12.3 Å². The Morgan fingerprint density at radius 1 is 1.40 bits per heavy atom. The van der Waals surface area contributed by atoms with Gasteiger partial charge < -0.3 is 5.32 Å². The molecule has 2 rings (SSSR count). The zero-order valence-electron chi connectivity index (χ0n) is 5.41. The van der Waals surface area contributed by atoms with Crippen LogP contribution in [0.5, 0.6) is 0 Å². The van der Waals surface area contributed by atoms with E-state index in [2.05, 4.69) is 5.32 Å². The topological polar surface area (TPSA) is 46.2 Å². The molecular formula is C5H10ClNO2S. The molecular weight excluding hydrogens is 174 g/mol. The van der Waals surface area contributed by atoms with E-state index in [1.54, 1.807) is 0 Å². The summed E-state index contributed by atoms with van der Waals surface area (Å²) >= 11 is 0. The van der Waals surface area contributed by atoms with E-state index in [9.17, 15) is 8.42 Å². The first-order chi connectivity index (χ1) is 4.18. The second-order valence-electron chi connectivity index (χ2n) is 2.79. The average Bonchev–Trinajstić information content (AvgIpc) is 2.19. The Morgan fingerprint density at radius 2 is 2.10 bits per heavy atom. The minimum atomic E-state index is -2.65. The van der Waals surface area contributed by atoms with E-state index in [0.717, 1.165) is 6.42 Å². The molecule has 0 aromatic carbocycles. The van der Waals surface area contributed by atoms with E-state index in [-0.39, 0.29) is 23.7 Å². The SMILES string of the molecule is Cl.O=S1(=O)C[C@@H]2C[C@H]1CN2. The fourth-order valence-corrected chi connectivity index (χ4v) is 3.56. The second-order valence-corrected chi connectivity index (χ2v) is 5.12. The molecule has 0 amide bonds. The smallest absolute Gasteiger partial charge is 0.155 e. The van der Waals surface area contributed by atoms with Crippen LogP contribution in [0.4, 0.5) is 0 Å². The van der Waals surface area contributed by atoms with Crippen LogP contribution in [0.1, 0.15) is 6.42 Å². The summed E-state index contributed by atoms with van der Waals surface area (Å²) in [6, 6.07) is 0.278. The fourth-order valence-electron chi connectivity index (χ4n) is 1.60. The molecule has 0 saturated carbocycles. The summed E-state index contributed by atoms with van der Waals surface area (Å²) in [4.78, 5) is 0. The minimum Gasteiger partial charge on any atom is -0.312 e. The number of nitrogens with one attached hydrogen (secondary N) is 1. The molecule has 0 aromatic heterocycles. The average molecular weight is 184 g/mol. The molecule has 0 radical (unpaired) electrons. The van der Waals surface area contributed by atoms with Crippen LogP contribution in [0.25, 0.3) is 0 Å². The molecule has 0 aliphatic carbocycles. The van der Waals surface area contributed by atoms with Gasteiger partial charge in [-0.1, -0.05) is 0 Å². The Labute approximate surface area is 66.5 Å². The highest BCUT2D eigenvalue weighted by Gasteiger charge is 2.43. The largest absolute Gasteiger partial charge is 0.312 e. The van der Waals surface area contributed by atoms with E-state index < -0.39 is 9.84 Å². The van der Waals surface area contributed by atoms with Gasteiger partial charge in [-0.2, -0.15) is 0 Å². The van der Waals surface area contributed by atoms with Gasteiger partial charge in [-0.3, -0.25) is 0 Å². The molecule has 2 saturated heterocycles. The lowest BCUT2D eigenvalue weighted by Gasteiger charge is -2.10. The molecule has 2 bridgehead atoms. The van der Waals surface area contributed by atoms with Crippen LogP contribution in [-0.4, -0.2) is 32.0 Å². The van der Waals surface area contributed by atoms with Crippen molar-refractivity contribution < 1.29 is 8.42 Å². The summed E-state index contributed by atoms with van der Waals surface area (Å²) in [6.45, 7) is 0.688. The maximum absolute atomic E-state index is 11.0. The maximum Gasteiger partial charge on any atom is 0.155 e. The van der Waals surface area contributed by atoms with E-state index in [1.165, 1.54) is 0 Å². The molecule has 0 unspecified atom stereocenters. The summed E-state index contributed by atoms with van der Waals surface area (Å²) in [6.07, 6.45) is 0.850. The van der Waals surface area contributed by atoms with Gasteiger partial charge in [0.1, 0.15) is 0 Å². The number of halogens is 1. The highest BCUT2D eigenvalue weighted by Crippen LogP contribution is 2.25. The molecule has 2 fully saturated rings. The Kier molecular flexibility index (Phi) is 1.96. The Balaban J connectivity index is 0.000000500. The molecule has 1 N–H and O–H groups in total. The number of hydrogen-bond donors (Lipinski definition) is 1. The van der Waals surface area contributed by atoms with Crippen LogP contribution in [0.3, 0.4) is 0 Å². The number of fused-ring (bicyclic) bond motifs is 2. The highest BCUT2D eigenvalue weighted by atomic mass is 35.5. The van der Waals surface area contributed by atoms with Crippen LogP contribution in [0.2, 0.25) is 0 Å². The first-order valence-corrected chi connectivity index (χ1v) is 4.85. The molecule has 0 spiro atoms. The number of sulfone groups is 1. The van der Waals surface area contributed by atoms with Crippen LogP contribution in [-0.2, 0) is 9.84 Å². The molecule has 60 valence electrons. The Morgan fingerprint density at radius 3 is 2.30 bits per heavy atom. The zero-order chi connectivity index (χ0) is 6.48. The predicted octanol–water partition coefficient (Wildman–Crippen LogP) is -0.433. The van der Waals surface area contributed by atoms with Crippen molar-refractivity contribution in [2.45, 2.75) is 17.7 Å². The van der Waals surface area contributed by atoms with E-state index in [1.807, 2.05) is 0 Å². The van der Waals surface area contributed by atoms with Gasteiger partial charge in [0.15, 0.2) is 9.84 Å². The second kappa shape index (κ2) is 2.36. The minimum absolute atomic E-state index is 0. The fraction of sp³-hybridized carbons (Fsp3) is 1.00. The van der Waals surface area contributed by atoms with Gasteiger partial charge >= 0.3 is 0 Å². The quantitative estimate of drug-likeness (QED) is 0.555. The predicted molar refractivity (Wildman–Crippen MR) is 41.2 cm³/mol. The first kappa shape index (κ1) is 8.30. The molecule has 5 heteroatoms. The van der Waals surface area contributed by atoms with Crippen molar-refractivity contribution in [2.24, 2.45) is 0 Å². The van der Waals surface area contributed by atoms with Gasteiger partial charge in [0, 0.05) is 12.6 Å². The van der Waals surface area contributed by atoms with Gasteiger partial charge in [0.25, 0.3) is 0 Å². The lowest BCUT2D eigenvalue weighted by molar-refractivity contribution is 0.576. The van der Waals surface area contributed by atoms with Crippen molar-refractivity contribution in [3.8, 4) is 0 Å². The molecule has 3 nitrogen and oxygen atoms in total. The van der Waals surface area contributed by atoms with Gasteiger partial charge in [0.05, 0.1) is 11.0 Å². The summed E-state index contributed by atoms with van der Waals surface area (Å²) in [5.74, 6) is 0.373. The monoisotopic (exact) mass is 183 g/mol. The van der Waals surface area contributed by atoms with Crippen LogP contribution >= 0.6 is 12.4 Å². The van der Waals surface area contributed by atoms with E-state index in [4.69, 9.17) is 0 Å². The molecule has 2 atom stereocenters. The number of hydrogen-bond acceptors (Lipinski definition) is 3. The third kappa shape index (κ3) is 1.04.